The van der Waals surface area contributed by atoms with Crippen molar-refractivity contribution >= 4 is 21.6 Å². The summed E-state index contributed by atoms with van der Waals surface area (Å²) in [5, 5.41) is 22.0. The topological polar surface area (TPSA) is 130 Å². The van der Waals surface area contributed by atoms with Gasteiger partial charge in [0.05, 0.1) is 17.1 Å². The van der Waals surface area contributed by atoms with Crippen LogP contribution in [-0.2, 0) is 14.8 Å². The van der Waals surface area contributed by atoms with Gasteiger partial charge in [0.15, 0.2) is 0 Å². The second-order valence-electron chi connectivity index (χ2n) is 13.5. The van der Waals surface area contributed by atoms with E-state index in [-0.39, 0.29) is 40.3 Å². The second kappa shape index (κ2) is 10.1. The third-order valence-electron chi connectivity index (χ3n) is 11.8. The standard InChI is InChI=1S/C30H46N2O5S/c1-18(4-13-28(35)32-38(36,37)22-8-6-20(31)7-9-22)24-11-12-25-23-10-5-19-16-21(33)14-15-29(19,2)26(23)17-27(34)30(24,25)3/h6-9,18-19,21,23-27,33-34H,4-5,10-17,31H2,1-3H3,(H,32,35)/t18-,19-,21-,23-,24+,25-,26-,27+,29-,30+/m0/s1. The van der Waals surface area contributed by atoms with E-state index in [0.717, 1.165) is 38.5 Å². The Kier molecular flexibility index (Phi) is 7.40. The number of nitrogens with two attached hydrogens (primary N) is 1. The molecule has 1 amide bonds. The largest absolute Gasteiger partial charge is 0.399 e. The number of sulfonamides is 1. The molecular formula is C30H46N2O5S. The monoisotopic (exact) mass is 546 g/mol. The van der Waals surface area contributed by atoms with E-state index < -0.39 is 15.9 Å². The van der Waals surface area contributed by atoms with Crippen LogP contribution < -0.4 is 10.5 Å². The third kappa shape index (κ3) is 4.68. The van der Waals surface area contributed by atoms with E-state index in [1.807, 2.05) is 0 Å². The fourth-order valence-electron chi connectivity index (χ4n) is 9.63. The van der Waals surface area contributed by atoms with Crippen molar-refractivity contribution in [3.05, 3.63) is 24.3 Å². The summed E-state index contributed by atoms with van der Waals surface area (Å²) < 4.78 is 27.4. The SMILES string of the molecule is C[C@@H](CCC(=O)NS(=O)(=O)c1ccc(N)cc1)[C@H]1CC[C@H]2[C@@H]3CC[C@H]4C[C@@H](O)CC[C@]4(C)[C@H]3C[C@@H](O)[C@]12C. The zero-order valence-electron chi connectivity index (χ0n) is 23.1. The van der Waals surface area contributed by atoms with Crippen molar-refractivity contribution in [1.29, 1.82) is 0 Å². The van der Waals surface area contributed by atoms with Crippen molar-refractivity contribution in [2.24, 2.45) is 46.3 Å². The Morgan fingerprint density at radius 3 is 2.47 bits per heavy atom. The summed E-state index contributed by atoms with van der Waals surface area (Å²) in [6, 6.07) is 5.80. The van der Waals surface area contributed by atoms with Crippen LogP contribution in [0.5, 0.6) is 0 Å². The molecule has 0 aromatic heterocycles. The number of carbonyl (C=O) groups excluding carboxylic acids is 1. The summed E-state index contributed by atoms with van der Waals surface area (Å²) >= 11 is 0. The average molecular weight is 547 g/mol. The molecule has 5 N–H and O–H groups in total. The number of hydrogen-bond acceptors (Lipinski definition) is 6. The van der Waals surface area contributed by atoms with Gasteiger partial charge in [-0.25, -0.2) is 13.1 Å². The molecule has 38 heavy (non-hydrogen) atoms. The number of nitrogens with one attached hydrogen (secondary N) is 1. The van der Waals surface area contributed by atoms with Gasteiger partial charge in [-0.1, -0.05) is 20.8 Å². The molecule has 4 aliphatic rings. The van der Waals surface area contributed by atoms with Crippen LogP contribution in [-0.4, -0.2) is 36.7 Å². The lowest BCUT2D eigenvalue weighted by atomic mass is 9.43. The number of carbonyl (C=O) groups is 1. The molecule has 0 aliphatic heterocycles. The molecule has 0 radical (unpaired) electrons. The van der Waals surface area contributed by atoms with E-state index in [4.69, 9.17) is 5.73 Å². The number of aliphatic hydroxyl groups is 2. The van der Waals surface area contributed by atoms with E-state index >= 15 is 0 Å². The highest BCUT2D eigenvalue weighted by Gasteiger charge is 2.63. The first-order chi connectivity index (χ1) is 17.9. The minimum Gasteiger partial charge on any atom is -0.399 e. The second-order valence-corrected chi connectivity index (χ2v) is 15.2. The van der Waals surface area contributed by atoms with Crippen molar-refractivity contribution < 1.29 is 23.4 Å². The molecule has 0 unspecified atom stereocenters. The summed E-state index contributed by atoms with van der Waals surface area (Å²) in [5.74, 6) is 2.19. The first kappa shape index (κ1) is 27.9. The molecule has 0 bridgehead atoms. The summed E-state index contributed by atoms with van der Waals surface area (Å²) in [6.07, 6.45) is 8.41. The van der Waals surface area contributed by atoms with Crippen LogP contribution in [0.25, 0.3) is 0 Å². The Morgan fingerprint density at radius 2 is 1.76 bits per heavy atom. The molecule has 212 valence electrons. The van der Waals surface area contributed by atoms with E-state index in [1.54, 1.807) is 0 Å². The average Bonchev–Trinajstić information content (AvgIpc) is 3.22. The molecule has 4 fully saturated rings. The molecule has 7 nitrogen and oxygen atoms in total. The number of nitrogen functional groups attached to an aromatic ring is 1. The van der Waals surface area contributed by atoms with Crippen LogP contribution in [0, 0.1) is 46.3 Å². The van der Waals surface area contributed by atoms with Crippen LogP contribution in [0.2, 0.25) is 0 Å². The Bertz CT molecular complexity index is 1140. The van der Waals surface area contributed by atoms with Gasteiger partial charge in [0, 0.05) is 12.1 Å². The Morgan fingerprint density at radius 1 is 1.05 bits per heavy atom. The predicted octanol–water partition coefficient (Wildman–Crippen LogP) is 4.48. The lowest BCUT2D eigenvalue weighted by Gasteiger charge is -2.62. The molecule has 5 rings (SSSR count). The number of anilines is 1. The molecule has 0 saturated heterocycles. The third-order valence-corrected chi connectivity index (χ3v) is 13.2. The van der Waals surface area contributed by atoms with Gasteiger partial charge in [0.25, 0.3) is 10.0 Å². The van der Waals surface area contributed by atoms with Crippen molar-refractivity contribution in [2.75, 3.05) is 5.73 Å². The zero-order valence-corrected chi connectivity index (χ0v) is 23.9. The number of amides is 1. The lowest BCUT2D eigenvalue weighted by molar-refractivity contribution is -0.174. The normalized spacial score (nSPS) is 41.4. The van der Waals surface area contributed by atoms with Gasteiger partial charge in [-0.3, -0.25) is 4.79 Å². The quantitative estimate of drug-likeness (QED) is 0.389. The van der Waals surface area contributed by atoms with E-state index in [2.05, 4.69) is 25.5 Å². The fraction of sp³-hybridized carbons (Fsp3) is 0.767. The van der Waals surface area contributed by atoms with E-state index in [1.165, 1.54) is 37.1 Å². The molecule has 0 heterocycles. The summed E-state index contributed by atoms with van der Waals surface area (Å²) in [5.41, 5.74) is 6.14. The highest BCUT2D eigenvalue weighted by Crippen LogP contribution is 2.68. The van der Waals surface area contributed by atoms with Crippen LogP contribution in [0.3, 0.4) is 0 Å². The summed E-state index contributed by atoms with van der Waals surface area (Å²) in [6.45, 7) is 6.89. The maximum atomic E-state index is 12.6. The molecule has 4 saturated carbocycles. The summed E-state index contributed by atoms with van der Waals surface area (Å²) in [4.78, 5) is 12.7. The molecule has 4 aliphatic carbocycles. The lowest BCUT2D eigenvalue weighted by Crippen LogP contribution is -2.58. The Labute approximate surface area is 228 Å². The molecule has 10 atom stereocenters. The Hall–Kier alpha value is -1.64. The zero-order chi connectivity index (χ0) is 27.5. The van der Waals surface area contributed by atoms with Gasteiger partial charge >= 0.3 is 0 Å². The Balaban J connectivity index is 1.23. The molecule has 0 spiro atoms. The number of hydrogen-bond donors (Lipinski definition) is 4. The first-order valence-corrected chi connectivity index (χ1v) is 16.1. The number of benzene rings is 1. The highest BCUT2D eigenvalue weighted by atomic mass is 32.2. The van der Waals surface area contributed by atoms with Crippen LogP contribution in [0.15, 0.2) is 29.2 Å². The van der Waals surface area contributed by atoms with Crippen LogP contribution >= 0.6 is 0 Å². The van der Waals surface area contributed by atoms with Gasteiger partial charge in [0.1, 0.15) is 0 Å². The van der Waals surface area contributed by atoms with Crippen molar-refractivity contribution in [2.45, 2.75) is 102 Å². The maximum absolute atomic E-state index is 12.6. The minimum atomic E-state index is -3.93. The number of aliphatic hydroxyl groups excluding tert-OH is 2. The predicted molar refractivity (Wildman–Crippen MR) is 147 cm³/mol. The van der Waals surface area contributed by atoms with Crippen LogP contribution in [0.4, 0.5) is 5.69 Å². The fourth-order valence-corrected chi connectivity index (χ4v) is 10.6. The van der Waals surface area contributed by atoms with E-state index in [0.29, 0.717) is 41.7 Å². The van der Waals surface area contributed by atoms with Crippen molar-refractivity contribution in [1.82, 2.24) is 4.72 Å². The smallest absolute Gasteiger partial charge is 0.264 e. The van der Waals surface area contributed by atoms with Gasteiger partial charge in [-0.05, 0) is 128 Å². The molecular weight excluding hydrogens is 500 g/mol. The van der Waals surface area contributed by atoms with Gasteiger partial charge in [-0.2, -0.15) is 0 Å². The molecule has 1 aromatic rings. The van der Waals surface area contributed by atoms with Gasteiger partial charge in [-0.15, -0.1) is 0 Å². The number of fused-ring (bicyclic) bond motifs is 5. The van der Waals surface area contributed by atoms with Crippen molar-refractivity contribution in [3.8, 4) is 0 Å². The highest BCUT2D eigenvalue weighted by molar-refractivity contribution is 7.90. The van der Waals surface area contributed by atoms with Gasteiger partial charge < -0.3 is 15.9 Å². The summed E-state index contributed by atoms with van der Waals surface area (Å²) in [7, 11) is -3.93. The molecule has 8 heteroatoms. The van der Waals surface area contributed by atoms with Gasteiger partial charge in [0.2, 0.25) is 5.91 Å². The first-order valence-electron chi connectivity index (χ1n) is 14.6. The molecule has 1 aromatic carbocycles. The van der Waals surface area contributed by atoms with Crippen LogP contribution in [0.1, 0.15) is 85.0 Å². The maximum Gasteiger partial charge on any atom is 0.264 e. The number of rotatable bonds is 6. The van der Waals surface area contributed by atoms with E-state index in [9.17, 15) is 23.4 Å². The minimum absolute atomic E-state index is 0.0232. The van der Waals surface area contributed by atoms with Crippen molar-refractivity contribution in [3.63, 3.8) is 0 Å².